The normalized spacial score (nSPS) is 11.4. The Hall–Kier alpha value is -3.08. The number of nitrogens with one attached hydrogen (secondary N) is 2. The molecule has 0 saturated heterocycles. The lowest BCUT2D eigenvalue weighted by molar-refractivity contribution is 0.244. The van der Waals surface area contributed by atoms with Gasteiger partial charge in [0.25, 0.3) is 0 Å². The zero-order valence-corrected chi connectivity index (χ0v) is 17.2. The van der Waals surface area contributed by atoms with Crippen LogP contribution in [0.5, 0.6) is 5.75 Å². The number of benzene rings is 2. The monoisotopic (exact) mass is 376 g/mol. The standard InChI is InChI=1S/C23H28N4O/c1-16(2)28-20-14-10-9-13-18(20)24-22-25-19(17-11-7-6-8-12-17)15-21(26-22)27-23(3,4)5/h6-16H,1-5H3,(H2,24,25,26,27). The smallest absolute Gasteiger partial charge is 0.229 e. The van der Waals surface area contributed by atoms with Crippen molar-refractivity contribution in [1.29, 1.82) is 0 Å². The van der Waals surface area contributed by atoms with Crippen LogP contribution in [0.15, 0.2) is 60.7 Å². The Morgan fingerprint density at radius 1 is 0.893 bits per heavy atom. The van der Waals surface area contributed by atoms with Crippen molar-refractivity contribution in [3.05, 3.63) is 60.7 Å². The van der Waals surface area contributed by atoms with E-state index in [9.17, 15) is 0 Å². The van der Waals surface area contributed by atoms with Gasteiger partial charge in [-0.1, -0.05) is 42.5 Å². The second-order valence-electron chi connectivity index (χ2n) is 7.99. The fourth-order valence-electron chi connectivity index (χ4n) is 2.76. The molecule has 28 heavy (non-hydrogen) atoms. The number of aromatic nitrogens is 2. The maximum Gasteiger partial charge on any atom is 0.229 e. The molecule has 3 aromatic rings. The van der Waals surface area contributed by atoms with Crippen LogP contribution in [0, 0.1) is 0 Å². The molecule has 2 aromatic carbocycles. The summed E-state index contributed by atoms with van der Waals surface area (Å²) in [5.74, 6) is 2.07. The summed E-state index contributed by atoms with van der Waals surface area (Å²) in [6.07, 6.45) is 0.0811. The maximum absolute atomic E-state index is 5.91. The van der Waals surface area contributed by atoms with Gasteiger partial charge in [0.05, 0.1) is 17.5 Å². The Balaban J connectivity index is 2.00. The van der Waals surface area contributed by atoms with Gasteiger partial charge in [-0.3, -0.25) is 0 Å². The molecule has 1 aromatic heterocycles. The number of hydrogen-bond donors (Lipinski definition) is 2. The van der Waals surface area contributed by atoms with E-state index in [0.29, 0.717) is 5.95 Å². The van der Waals surface area contributed by atoms with Crippen LogP contribution in [0.3, 0.4) is 0 Å². The van der Waals surface area contributed by atoms with Crippen LogP contribution < -0.4 is 15.4 Å². The van der Waals surface area contributed by atoms with Crippen LogP contribution in [0.25, 0.3) is 11.3 Å². The Labute approximate surface area is 167 Å². The van der Waals surface area contributed by atoms with Crippen molar-refractivity contribution in [2.75, 3.05) is 10.6 Å². The van der Waals surface area contributed by atoms with Crippen LogP contribution in [-0.2, 0) is 0 Å². The van der Waals surface area contributed by atoms with Crippen LogP contribution in [0.2, 0.25) is 0 Å². The van der Waals surface area contributed by atoms with E-state index in [0.717, 1.165) is 28.5 Å². The van der Waals surface area contributed by atoms with Crippen molar-refractivity contribution in [2.45, 2.75) is 46.3 Å². The largest absolute Gasteiger partial charge is 0.489 e. The molecule has 0 bridgehead atoms. The first-order chi connectivity index (χ1) is 13.3. The van der Waals surface area contributed by atoms with Crippen LogP contribution >= 0.6 is 0 Å². The maximum atomic E-state index is 5.91. The third-order valence-corrected chi connectivity index (χ3v) is 3.79. The zero-order chi connectivity index (χ0) is 20.1. The Morgan fingerprint density at radius 2 is 1.57 bits per heavy atom. The molecule has 3 rings (SSSR count). The molecule has 0 saturated carbocycles. The van der Waals surface area contributed by atoms with Gasteiger partial charge in [0.2, 0.25) is 5.95 Å². The summed E-state index contributed by atoms with van der Waals surface area (Å²) in [6, 6.07) is 19.9. The third-order valence-electron chi connectivity index (χ3n) is 3.79. The fourth-order valence-corrected chi connectivity index (χ4v) is 2.76. The van der Waals surface area contributed by atoms with Gasteiger partial charge in [0.1, 0.15) is 11.6 Å². The molecule has 0 aliphatic rings. The first-order valence-electron chi connectivity index (χ1n) is 9.55. The number of ether oxygens (including phenoxy) is 1. The van der Waals surface area contributed by atoms with Crippen LogP contribution in [0.1, 0.15) is 34.6 Å². The van der Waals surface area contributed by atoms with Gasteiger partial charge in [0, 0.05) is 17.2 Å². The Bertz CT molecular complexity index is 917. The van der Waals surface area contributed by atoms with E-state index in [4.69, 9.17) is 9.72 Å². The number of nitrogens with zero attached hydrogens (tertiary/aromatic N) is 2. The molecule has 5 nitrogen and oxygen atoms in total. The van der Waals surface area contributed by atoms with Gasteiger partial charge in [-0.25, -0.2) is 4.98 Å². The molecule has 0 aliphatic carbocycles. The lowest BCUT2D eigenvalue weighted by atomic mass is 10.1. The minimum atomic E-state index is -0.113. The average Bonchev–Trinajstić information content (AvgIpc) is 2.62. The van der Waals surface area contributed by atoms with Gasteiger partial charge < -0.3 is 15.4 Å². The quantitative estimate of drug-likeness (QED) is 0.562. The van der Waals surface area contributed by atoms with Gasteiger partial charge in [-0.2, -0.15) is 4.98 Å². The zero-order valence-electron chi connectivity index (χ0n) is 17.2. The van der Waals surface area contributed by atoms with Gasteiger partial charge >= 0.3 is 0 Å². The van der Waals surface area contributed by atoms with Crippen molar-refractivity contribution < 1.29 is 4.74 Å². The molecule has 0 spiro atoms. The summed E-state index contributed by atoms with van der Waals surface area (Å²) < 4.78 is 5.91. The van der Waals surface area contributed by atoms with E-state index in [1.807, 2.05) is 74.5 Å². The van der Waals surface area contributed by atoms with E-state index in [1.165, 1.54) is 0 Å². The molecule has 0 radical (unpaired) electrons. The van der Waals surface area contributed by atoms with E-state index in [-0.39, 0.29) is 11.6 Å². The van der Waals surface area contributed by atoms with Gasteiger partial charge in [-0.15, -0.1) is 0 Å². The highest BCUT2D eigenvalue weighted by atomic mass is 16.5. The molecule has 5 heteroatoms. The fraction of sp³-hybridized carbons (Fsp3) is 0.304. The average molecular weight is 377 g/mol. The minimum Gasteiger partial charge on any atom is -0.489 e. The topological polar surface area (TPSA) is 59.1 Å². The van der Waals surface area contributed by atoms with Crippen molar-refractivity contribution in [2.24, 2.45) is 0 Å². The van der Waals surface area contributed by atoms with Crippen LogP contribution in [0.4, 0.5) is 17.5 Å². The Kier molecular flexibility index (Phi) is 5.83. The number of hydrogen-bond acceptors (Lipinski definition) is 5. The number of rotatable bonds is 6. The first kappa shape index (κ1) is 19.7. The van der Waals surface area contributed by atoms with Gasteiger partial charge in [0.15, 0.2) is 0 Å². The molecule has 2 N–H and O–H groups in total. The first-order valence-corrected chi connectivity index (χ1v) is 9.55. The highest BCUT2D eigenvalue weighted by Gasteiger charge is 2.14. The van der Waals surface area contributed by atoms with Crippen LogP contribution in [-0.4, -0.2) is 21.6 Å². The van der Waals surface area contributed by atoms with Crippen molar-refractivity contribution in [3.8, 4) is 17.0 Å². The second-order valence-corrected chi connectivity index (χ2v) is 7.99. The molecule has 146 valence electrons. The summed E-state index contributed by atoms with van der Waals surface area (Å²) in [4.78, 5) is 9.40. The van der Waals surface area contributed by atoms with E-state index in [2.05, 4.69) is 36.4 Å². The van der Waals surface area contributed by atoms with Crippen molar-refractivity contribution >= 4 is 17.5 Å². The SMILES string of the molecule is CC(C)Oc1ccccc1Nc1nc(NC(C)(C)C)cc(-c2ccccc2)n1. The highest BCUT2D eigenvalue weighted by molar-refractivity contribution is 5.68. The molecule has 1 heterocycles. The minimum absolute atomic E-state index is 0.0811. The molecular weight excluding hydrogens is 348 g/mol. The summed E-state index contributed by atoms with van der Waals surface area (Å²) in [5, 5.41) is 6.77. The molecule has 0 atom stereocenters. The highest BCUT2D eigenvalue weighted by Crippen LogP contribution is 2.29. The third kappa shape index (κ3) is 5.46. The summed E-state index contributed by atoms with van der Waals surface area (Å²) in [7, 11) is 0. The molecule has 0 aliphatic heterocycles. The van der Waals surface area contributed by atoms with E-state index in [1.54, 1.807) is 0 Å². The van der Waals surface area contributed by atoms with Crippen molar-refractivity contribution in [1.82, 2.24) is 9.97 Å². The molecule has 0 unspecified atom stereocenters. The van der Waals surface area contributed by atoms with E-state index < -0.39 is 0 Å². The lowest BCUT2D eigenvalue weighted by Crippen LogP contribution is -2.27. The number of anilines is 3. The molecule has 0 fully saturated rings. The predicted molar refractivity (Wildman–Crippen MR) is 116 cm³/mol. The van der Waals surface area contributed by atoms with E-state index >= 15 is 0 Å². The Morgan fingerprint density at radius 3 is 2.25 bits per heavy atom. The predicted octanol–water partition coefficient (Wildman–Crippen LogP) is 5.88. The summed E-state index contributed by atoms with van der Waals surface area (Å²) >= 11 is 0. The van der Waals surface area contributed by atoms with Crippen molar-refractivity contribution in [3.63, 3.8) is 0 Å². The summed E-state index contributed by atoms with van der Waals surface area (Å²) in [5.41, 5.74) is 2.62. The number of para-hydroxylation sites is 2. The second kappa shape index (κ2) is 8.30. The lowest BCUT2D eigenvalue weighted by Gasteiger charge is -2.22. The van der Waals surface area contributed by atoms with Gasteiger partial charge in [-0.05, 0) is 46.8 Å². The molecule has 0 amide bonds. The summed E-state index contributed by atoms with van der Waals surface area (Å²) in [6.45, 7) is 10.3. The molecular formula is C23H28N4O.